The zero-order valence-corrected chi connectivity index (χ0v) is 16.7. The Labute approximate surface area is 161 Å². The number of benzene rings is 2. The first-order chi connectivity index (χ1) is 12.6. The topological polar surface area (TPSA) is 39.7 Å². The SMILES string of the molecule is CCOC(=S)Nc1cccc(OCC)c1COc1ccc(CC)cc1C. The molecule has 0 atom stereocenters. The van der Waals surface area contributed by atoms with Crippen LogP contribution >= 0.6 is 12.2 Å². The lowest BCUT2D eigenvalue weighted by atomic mass is 10.1. The Morgan fingerprint density at radius 1 is 1.00 bits per heavy atom. The zero-order valence-electron chi connectivity index (χ0n) is 15.9. The highest BCUT2D eigenvalue weighted by Gasteiger charge is 2.13. The maximum atomic E-state index is 6.09. The van der Waals surface area contributed by atoms with Crippen molar-refractivity contribution >= 4 is 23.1 Å². The van der Waals surface area contributed by atoms with Gasteiger partial charge in [0.25, 0.3) is 5.17 Å². The van der Waals surface area contributed by atoms with Gasteiger partial charge >= 0.3 is 0 Å². The molecule has 0 unspecified atom stereocenters. The van der Waals surface area contributed by atoms with Crippen LogP contribution in [0.1, 0.15) is 37.5 Å². The third-order valence-corrected chi connectivity index (χ3v) is 4.18. The standard InChI is InChI=1S/C21H27NO3S/c1-5-16-11-12-19(15(4)13-16)25-14-17-18(22-21(26)24-7-3)9-8-10-20(17)23-6-2/h8-13H,5-7,14H2,1-4H3,(H,22,26). The van der Waals surface area contributed by atoms with Crippen molar-refractivity contribution in [2.24, 2.45) is 0 Å². The molecular formula is C21H27NO3S. The summed E-state index contributed by atoms with van der Waals surface area (Å²) >= 11 is 5.21. The molecule has 0 saturated heterocycles. The predicted molar refractivity (Wildman–Crippen MR) is 110 cm³/mol. The predicted octanol–water partition coefficient (Wildman–Crippen LogP) is 5.27. The number of thiocarbonyl (C=S) groups is 1. The molecule has 4 nitrogen and oxygen atoms in total. The van der Waals surface area contributed by atoms with Gasteiger partial charge in [-0.3, -0.25) is 0 Å². The van der Waals surface area contributed by atoms with E-state index in [1.165, 1.54) is 5.56 Å². The summed E-state index contributed by atoms with van der Waals surface area (Å²) in [6.45, 7) is 9.54. The van der Waals surface area contributed by atoms with Gasteiger partial charge in [0.1, 0.15) is 18.1 Å². The Morgan fingerprint density at radius 2 is 1.81 bits per heavy atom. The Bertz CT molecular complexity index is 746. The number of ether oxygens (including phenoxy) is 3. The lowest BCUT2D eigenvalue weighted by Crippen LogP contribution is -2.15. The maximum absolute atomic E-state index is 6.09. The van der Waals surface area contributed by atoms with Crippen LogP contribution < -0.4 is 14.8 Å². The highest BCUT2D eigenvalue weighted by molar-refractivity contribution is 7.80. The number of nitrogens with one attached hydrogen (secondary N) is 1. The smallest absolute Gasteiger partial charge is 0.261 e. The van der Waals surface area contributed by atoms with Crippen LogP contribution in [0, 0.1) is 6.92 Å². The van der Waals surface area contributed by atoms with Crippen LogP contribution in [0.5, 0.6) is 11.5 Å². The molecule has 2 aromatic carbocycles. The van der Waals surface area contributed by atoms with Gasteiger partial charge in [-0.1, -0.05) is 25.1 Å². The molecule has 5 heteroatoms. The molecule has 0 bridgehead atoms. The van der Waals surface area contributed by atoms with Gasteiger partial charge in [-0.2, -0.15) is 0 Å². The van der Waals surface area contributed by atoms with E-state index in [1.54, 1.807) is 0 Å². The number of hydrogen-bond acceptors (Lipinski definition) is 4. The van der Waals surface area contributed by atoms with Gasteiger partial charge in [-0.15, -0.1) is 0 Å². The Balaban J connectivity index is 2.23. The third-order valence-electron chi connectivity index (χ3n) is 3.96. The number of rotatable bonds is 8. The van der Waals surface area contributed by atoms with E-state index in [0.717, 1.165) is 34.7 Å². The van der Waals surface area contributed by atoms with Gasteiger partial charge in [-0.05, 0) is 68.7 Å². The van der Waals surface area contributed by atoms with Crippen molar-refractivity contribution in [2.45, 2.75) is 40.7 Å². The monoisotopic (exact) mass is 373 g/mol. The molecule has 1 N–H and O–H groups in total. The summed E-state index contributed by atoms with van der Waals surface area (Å²) in [5.74, 6) is 1.64. The fraction of sp³-hybridized carbons (Fsp3) is 0.381. The van der Waals surface area contributed by atoms with Crippen LogP contribution in [0.3, 0.4) is 0 Å². The molecule has 0 saturated carbocycles. The average Bonchev–Trinajstić information content (AvgIpc) is 2.62. The molecular weight excluding hydrogens is 346 g/mol. The van der Waals surface area contributed by atoms with Gasteiger partial charge < -0.3 is 19.5 Å². The normalized spacial score (nSPS) is 10.3. The fourth-order valence-corrected chi connectivity index (χ4v) is 2.87. The van der Waals surface area contributed by atoms with Crippen molar-refractivity contribution in [3.8, 4) is 11.5 Å². The molecule has 0 aromatic heterocycles. The summed E-state index contributed by atoms with van der Waals surface area (Å²) in [4.78, 5) is 0. The Kier molecular flexibility index (Phi) is 7.73. The summed E-state index contributed by atoms with van der Waals surface area (Å²) in [5, 5.41) is 3.47. The maximum Gasteiger partial charge on any atom is 0.261 e. The van der Waals surface area contributed by atoms with Crippen molar-refractivity contribution in [3.63, 3.8) is 0 Å². The van der Waals surface area contributed by atoms with E-state index in [1.807, 2.05) is 38.1 Å². The molecule has 0 aliphatic rings. The third kappa shape index (κ3) is 5.36. The first kappa shape index (κ1) is 20.0. The van der Waals surface area contributed by atoms with Crippen LogP contribution in [-0.2, 0) is 17.8 Å². The highest BCUT2D eigenvalue weighted by atomic mass is 32.1. The number of aryl methyl sites for hydroxylation is 2. The molecule has 0 fully saturated rings. The van der Waals surface area contributed by atoms with Gasteiger partial charge in [0.2, 0.25) is 0 Å². The van der Waals surface area contributed by atoms with Crippen LogP contribution in [0.25, 0.3) is 0 Å². The molecule has 140 valence electrons. The second-order valence-electron chi connectivity index (χ2n) is 5.80. The molecule has 0 amide bonds. The van der Waals surface area contributed by atoms with E-state index >= 15 is 0 Å². The van der Waals surface area contributed by atoms with Crippen molar-refractivity contribution in [1.29, 1.82) is 0 Å². The Morgan fingerprint density at radius 3 is 2.46 bits per heavy atom. The lowest BCUT2D eigenvalue weighted by molar-refractivity contribution is 0.285. The van der Waals surface area contributed by atoms with Crippen LogP contribution in [0.2, 0.25) is 0 Å². The van der Waals surface area contributed by atoms with Gasteiger partial charge in [0.15, 0.2) is 0 Å². The lowest BCUT2D eigenvalue weighted by Gasteiger charge is -2.18. The minimum absolute atomic E-state index is 0.339. The molecule has 0 spiro atoms. The zero-order chi connectivity index (χ0) is 18.9. The first-order valence-corrected chi connectivity index (χ1v) is 9.40. The Hall–Kier alpha value is -2.27. The number of anilines is 1. The molecule has 26 heavy (non-hydrogen) atoms. The van der Waals surface area contributed by atoms with E-state index in [0.29, 0.717) is 25.0 Å². The molecule has 2 aromatic rings. The number of hydrogen-bond donors (Lipinski definition) is 1. The molecule has 0 radical (unpaired) electrons. The van der Waals surface area contributed by atoms with Gasteiger partial charge in [0.05, 0.1) is 24.5 Å². The van der Waals surface area contributed by atoms with E-state index < -0.39 is 0 Å². The van der Waals surface area contributed by atoms with E-state index in [2.05, 4.69) is 31.3 Å². The minimum Gasteiger partial charge on any atom is -0.493 e. The summed E-state index contributed by atoms with van der Waals surface area (Å²) in [6.07, 6.45) is 1.01. The molecule has 2 rings (SSSR count). The highest BCUT2D eigenvalue weighted by Crippen LogP contribution is 2.29. The van der Waals surface area contributed by atoms with E-state index in [4.69, 9.17) is 26.4 Å². The summed E-state index contributed by atoms with van der Waals surface area (Å²) in [5.41, 5.74) is 4.17. The summed E-state index contributed by atoms with van der Waals surface area (Å²) in [6, 6.07) is 12.1. The molecule has 0 aliphatic carbocycles. The first-order valence-electron chi connectivity index (χ1n) is 8.99. The van der Waals surface area contributed by atoms with E-state index in [9.17, 15) is 0 Å². The largest absolute Gasteiger partial charge is 0.493 e. The van der Waals surface area contributed by atoms with Crippen molar-refractivity contribution in [1.82, 2.24) is 0 Å². The van der Waals surface area contributed by atoms with Crippen molar-refractivity contribution < 1.29 is 14.2 Å². The minimum atomic E-state index is 0.339. The molecule has 0 aliphatic heterocycles. The second-order valence-corrected chi connectivity index (χ2v) is 6.17. The van der Waals surface area contributed by atoms with Crippen LogP contribution in [0.4, 0.5) is 5.69 Å². The van der Waals surface area contributed by atoms with E-state index in [-0.39, 0.29) is 0 Å². The summed E-state index contributed by atoms with van der Waals surface area (Å²) in [7, 11) is 0. The van der Waals surface area contributed by atoms with Gasteiger partial charge in [-0.25, -0.2) is 0 Å². The van der Waals surface area contributed by atoms with Gasteiger partial charge in [0, 0.05) is 0 Å². The van der Waals surface area contributed by atoms with Crippen molar-refractivity contribution in [2.75, 3.05) is 18.5 Å². The average molecular weight is 374 g/mol. The quantitative estimate of drug-likeness (QED) is 0.638. The molecule has 0 heterocycles. The van der Waals surface area contributed by atoms with Crippen LogP contribution in [0.15, 0.2) is 36.4 Å². The van der Waals surface area contributed by atoms with Crippen LogP contribution in [-0.4, -0.2) is 18.4 Å². The van der Waals surface area contributed by atoms with Crippen molar-refractivity contribution in [3.05, 3.63) is 53.1 Å². The summed E-state index contributed by atoms with van der Waals surface area (Å²) < 4.78 is 17.2. The second kappa shape index (κ2) is 10.0. The fourth-order valence-electron chi connectivity index (χ4n) is 2.64.